The summed E-state index contributed by atoms with van der Waals surface area (Å²) in [5.41, 5.74) is 2.23. The zero-order chi connectivity index (χ0) is 10.8. The SMILES string of the molecule is COC1Cc2ccccc2CN1C(=O)O. The highest BCUT2D eigenvalue weighted by atomic mass is 16.5. The molecule has 0 spiro atoms. The van der Waals surface area contributed by atoms with Gasteiger partial charge in [0.15, 0.2) is 0 Å². The number of carboxylic acid groups (broad SMARTS) is 1. The van der Waals surface area contributed by atoms with Gasteiger partial charge in [-0.1, -0.05) is 24.3 Å². The summed E-state index contributed by atoms with van der Waals surface area (Å²) in [4.78, 5) is 12.3. The Labute approximate surface area is 88.1 Å². The highest BCUT2D eigenvalue weighted by Gasteiger charge is 2.28. The number of carbonyl (C=O) groups is 1. The topological polar surface area (TPSA) is 49.8 Å². The van der Waals surface area contributed by atoms with Crippen molar-refractivity contribution in [3.05, 3.63) is 35.4 Å². The Morgan fingerprint density at radius 3 is 2.73 bits per heavy atom. The van der Waals surface area contributed by atoms with E-state index in [0.29, 0.717) is 13.0 Å². The number of hydrogen-bond donors (Lipinski definition) is 1. The lowest BCUT2D eigenvalue weighted by molar-refractivity contribution is -0.0310. The molecular weight excluding hydrogens is 194 g/mol. The van der Waals surface area contributed by atoms with Gasteiger partial charge >= 0.3 is 6.09 Å². The molecular formula is C11H13NO3. The van der Waals surface area contributed by atoms with Crippen molar-refractivity contribution in [1.29, 1.82) is 0 Å². The van der Waals surface area contributed by atoms with Gasteiger partial charge in [-0.25, -0.2) is 4.79 Å². The largest absolute Gasteiger partial charge is 0.465 e. The van der Waals surface area contributed by atoms with E-state index >= 15 is 0 Å². The fraction of sp³-hybridized carbons (Fsp3) is 0.364. The highest BCUT2D eigenvalue weighted by molar-refractivity contribution is 5.66. The minimum atomic E-state index is -0.934. The molecule has 2 rings (SSSR count). The first-order valence-electron chi connectivity index (χ1n) is 4.81. The van der Waals surface area contributed by atoms with Crippen molar-refractivity contribution in [2.45, 2.75) is 19.2 Å². The van der Waals surface area contributed by atoms with Gasteiger partial charge in [0, 0.05) is 13.5 Å². The maximum atomic E-state index is 11.0. The Morgan fingerprint density at radius 1 is 1.47 bits per heavy atom. The molecule has 0 aromatic heterocycles. The van der Waals surface area contributed by atoms with Gasteiger partial charge in [-0.3, -0.25) is 4.90 Å². The summed E-state index contributed by atoms with van der Waals surface area (Å²) in [6.07, 6.45) is -0.673. The third-order valence-electron chi connectivity index (χ3n) is 2.72. The fourth-order valence-corrected chi connectivity index (χ4v) is 1.90. The fourth-order valence-electron chi connectivity index (χ4n) is 1.90. The van der Waals surface area contributed by atoms with Gasteiger partial charge in [-0.2, -0.15) is 0 Å². The number of fused-ring (bicyclic) bond motifs is 1. The third-order valence-corrected chi connectivity index (χ3v) is 2.72. The average molecular weight is 207 g/mol. The van der Waals surface area contributed by atoms with E-state index < -0.39 is 6.09 Å². The van der Waals surface area contributed by atoms with Crippen LogP contribution in [0.15, 0.2) is 24.3 Å². The molecule has 1 aliphatic heterocycles. The van der Waals surface area contributed by atoms with Crippen LogP contribution < -0.4 is 0 Å². The van der Waals surface area contributed by atoms with Gasteiger partial charge in [-0.15, -0.1) is 0 Å². The predicted octanol–water partition coefficient (Wildman–Crippen LogP) is 1.70. The molecule has 4 heteroatoms. The second kappa shape index (κ2) is 3.90. The van der Waals surface area contributed by atoms with E-state index in [4.69, 9.17) is 9.84 Å². The molecule has 1 N–H and O–H groups in total. The van der Waals surface area contributed by atoms with Crippen molar-refractivity contribution in [3.8, 4) is 0 Å². The standard InChI is InChI=1S/C11H13NO3/c1-15-10-6-8-4-2-3-5-9(8)7-12(10)11(13)14/h2-5,10H,6-7H2,1H3,(H,13,14). The molecule has 1 unspecified atom stereocenters. The Bertz CT molecular complexity index is 378. The van der Waals surface area contributed by atoms with E-state index in [1.165, 1.54) is 17.6 Å². The van der Waals surface area contributed by atoms with E-state index in [1.807, 2.05) is 24.3 Å². The molecule has 1 amide bonds. The average Bonchev–Trinajstić information content (AvgIpc) is 2.27. The summed E-state index contributed by atoms with van der Waals surface area (Å²) in [5, 5.41) is 9.01. The van der Waals surface area contributed by atoms with Crippen LogP contribution in [0.4, 0.5) is 4.79 Å². The van der Waals surface area contributed by atoms with Gasteiger partial charge in [0.05, 0.1) is 6.54 Å². The lowest BCUT2D eigenvalue weighted by atomic mass is 9.99. The summed E-state index contributed by atoms with van der Waals surface area (Å²) >= 11 is 0. The van der Waals surface area contributed by atoms with Gasteiger partial charge in [0.25, 0.3) is 0 Å². The van der Waals surface area contributed by atoms with Gasteiger partial charge in [-0.05, 0) is 11.1 Å². The van der Waals surface area contributed by atoms with Gasteiger partial charge in [0.1, 0.15) is 6.23 Å². The van der Waals surface area contributed by atoms with Crippen LogP contribution in [-0.4, -0.2) is 29.4 Å². The van der Waals surface area contributed by atoms with E-state index in [0.717, 1.165) is 5.56 Å². The molecule has 1 heterocycles. The summed E-state index contributed by atoms with van der Waals surface area (Å²) in [7, 11) is 1.54. The molecule has 15 heavy (non-hydrogen) atoms. The summed E-state index contributed by atoms with van der Waals surface area (Å²) in [5.74, 6) is 0. The molecule has 1 atom stereocenters. The quantitative estimate of drug-likeness (QED) is 0.762. The molecule has 0 bridgehead atoms. The zero-order valence-corrected chi connectivity index (χ0v) is 8.51. The first-order chi connectivity index (χ1) is 7.22. The van der Waals surface area contributed by atoms with Crippen molar-refractivity contribution < 1.29 is 14.6 Å². The molecule has 4 nitrogen and oxygen atoms in total. The lowest BCUT2D eigenvalue weighted by Gasteiger charge is -2.33. The monoisotopic (exact) mass is 207 g/mol. The van der Waals surface area contributed by atoms with Crippen LogP contribution >= 0.6 is 0 Å². The maximum Gasteiger partial charge on any atom is 0.409 e. The lowest BCUT2D eigenvalue weighted by Crippen LogP contribution is -2.44. The van der Waals surface area contributed by atoms with Crippen molar-refractivity contribution in [1.82, 2.24) is 4.90 Å². The smallest absolute Gasteiger partial charge is 0.409 e. The van der Waals surface area contributed by atoms with Crippen LogP contribution in [0.3, 0.4) is 0 Å². The van der Waals surface area contributed by atoms with Crippen LogP contribution in [0.5, 0.6) is 0 Å². The first kappa shape index (κ1) is 9.98. The van der Waals surface area contributed by atoms with Gasteiger partial charge in [0.2, 0.25) is 0 Å². The summed E-state index contributed by atoms with van der Waals surface area (Å²) in [6.45, 7) is 0.407. The van der Waals surface area contributed by atoms with E-state index in [9.17, 15) is 4.79 Å². The molecule has 0 saturated carbocycles. The van der Waals surface area contributed by atoms with Crippen LogP contribution in [0, 0.1) is 0 Å². The van der Waals surface area contributed by atoms with Crippen molar-refractivity contribution >= 4 is 6.09 Å². The van der Waals surface area contributed by atoms with Crippen molar-refractivity contribution in [2.24, 2.45) is 0 Å². The van der Waals surface area contributed by atoms with Crippen molar-refractivity contribution in [2.75, 3.05) is 7.11 Å². The number of ether oxygens (including phenoxy) is 1. The van der Waals surface area contributed by atoms with E-state index in [2.05, 4.69) is 0 Å². The number of amides is 1. The molecule has 0 aliphatic carbocycles. The second-order valence-corrected chi connectivity index (χ2v) is 3.57. The molecule has 0 fully saturated rings. The van der Waals surface area contributed by atoms with Crippen LogP contribution in [-0.2, 0) is 17.7 Å². The van der Waals surface area contributed by atoms with Crippen LogP contribution in [0.2, 0.25) is 0 Å². The minimum absolute atomic E-state index is 0.364. The minimum Gasteiger partial charge on any atom is -0.465 e. The van der Waals surface area contributed by atoms with Crippen molar-refractivity contribution in [3.63, 3.8) is 0 Å². The first-order valence-corrected chi connectivity index (χ1v) is 4.81. The van der Waals surface area contributed by atoms with Crippen LogP contribution in [0.1, 0.15) is 11.1 Å². The Hall–Kier alpha value is -1.55. The number of benzene rings is 1. The molecule has 0 radical (unpaired) electrons. The second-order valence-electron chi connectivity index (χ2n) is 3.57. The molecule has 0 saturated heterocycles. The number of rotatable bonds is 1. The Balaban J connectivity index is 2.30. The molecule has 80 valence electrons. The summed E-state index contributed by atoms with van der Waals surface area (Å²) in [6, 6.07) is 7.85. The zero-order valence-electron chi connectivity index (χ0n) is 8.51. The summed E-state index contributed by atoms with van der Waals surface area (Å²) < 4.78 is 5.17. The number of nitrogens with zero attached hydrogens (tertiary/aromatic N) is 1. The molecule has 1 aliphatic rings. The molecule has 1 aromatic carbocycles. The predicted molar refractivity (Wildman–Crippen MR) is 54.5 cm³/mol. The number of methoxy groups -OCH3 is 1. The molecule has 1 aromatic rings. The van der Waals surface area contributed by atoms with E-state index in [1.54, 1.807) is 0 Å². The maximum absolute atomic E-state index is 11.0. The van der Waals surface area contributed by atoms with Crippen LogP contribution in [0.25, 0.3) is 0 Å². The normalized spacial score (nSPS) is 19.8. The van der Waals surface area contributed by atoms with E-state index in [-0.39, 0.29) is 6.23 Å². The number of hydrogen-bond acceptors (Lipinski definition) is 2. The van der Waals surface area contributed by atoms with Gasteiger partial charge < -0.3 is 9.84 Å². The Morgan fingerprint density at radius 2 is 2.13 bits per heavy atom. The third kappa shape index (κ3) is 1.80. The highest BCUT2D eigenvalue weighted by Crippen LogP contribution is 2.23. The Kier molecular flexibility index (Phi) is 2.60.